The Bertz CT molecular complexity index is 1590. The maximum atomic E-state index is 12.1. The Kier molecular flexibility index (Phi) is 5.75. The lowest BCUT2D eigenvalue weighted by atomic mass is 10.0. The lowest BCUT2D eigenvalue weighted by molar-refractivity contribution is 0.100. The van der Waals surface area contributed by atoms with Gasteiger partial charge in [-0.3, -0.25) is 14.6 Å². The third-order valence-corrected chi connectivity index (χ3v) is 6.59. The smallest absolute Gasteiger partial charge is 0.269 e. The van der Waals surface area contributed by atoms with Gasteiger partial charge in [-0.1, -0.05) is 41.9 Å². The molecular formula is C28H23ClN4O2. The van der Waals surface area contributed by atoms with Gasteiger partial charge in [0.2, 0.25) is 5.91 Å². The predicted molar refractivity (Wildman–Crippen MR) is 140 cm³/mol. The molecule has 0 aliphatic carbocycles. The summed E-state index contributed by atoms with van der Waals surface area (Å²) in [6.07, 6.45) is 5.69. The number of halogens is 1. The fourth-order valence-corrected chi connectivity index (χ4v) is 4.64. The fourth-order valence-electron chi connectivity index (χ4n) is 4.39. The second-order valence-electron chi connectivity index (χ2n) is 8.55. The summed E-state index contributed by atoms with van der Waals surface area (Å²) in [5, 5.41) is 1.23. The first-order chi connectivity index (χ1) is 16.8. The Labute approximate surface area is 207 Å². The number of aryl methyl sites for hydroxylation is 1. The van der Waals surface area contributed by atoms with Gasteiger partial charge in [0.15, 0.2) is 0 Å². The summed E-state index contributed by atoms with van der Waals surface area (Å²) in [4.78, 5) is 28.2. The standard InChI is InChI=1S/C28H23ClN4O2/c1-17(25-5-3-4-12-31-25)33-16-23(18-6-8-19(9-7-18)27(30)34)22-11-10-20(14-26(22)33)21-13-24(29)28(35)32(2)15-21/h3-17H,1-2H3,(H2,30,34)/t17-/m0/s1. The van der Waals surface area contributed by atoms with Crippen molar-refractivity contribution in [1.82, 2.24) is 14.1 Å². The van der Waals surface area contributed by atoms with E-state index in [1.54, 1.807) is 37.6 Å². The van der Waals surface area contributed by atoms with Gasteiger partial charge in [0.25, 0.3) is 5.56 Å². The van der Waals surface area contributed by atoms with E-state index < -0.39 is 5.91 Å². The van der Waals surface area contributed by atoms with Crippen LogP contribution in [0.2, 0.25) is 5.02 Å². The second kappa shape index (κ2) is 8.89. The number of amides is 1. The van der Waals surface area contributed by atoms with E-state index in [2.05, 4.69) is 34.8 Å². The quantitative estimate of drug-likeness (QED) is 0.362. The summed E-state index contributed by atoms with van der Waals surface area (Å²) in [6.45, 7) is 2.11. The van der Waals surface area contributed by atoms with E-state index in [1.807, 2.05) is 36.4 Å². The summed E-state index contributed by atoms with van der Waals surface area (Å²) in [5.74, 6) is -0.455. The number of hydrogen-bond donors (Lipinski definition) is 1. The molecule has 2 aromatic carbocycles. The number of rotatable bonds is 5. The molecule has 5 aromatic rings. The molecule has 35 heavy (non-hydrogen) atoms. The average Bonchev–Trinajstić information content (AvgIpc) is 3.26. The molecule has 0 aliphatic rings. The highest BCUT2D eigenvalue weighted by atomic mass is 35.5. The van der Waals surface area contributed by atoms with E-state index in [9.17, 15) is 9.59 Å². The van der Waals surface area contributed by atoms with E-state index in [0.29, 0.717) is 5.56 Å². The summed E-state index contributed by atoms with van der Waals surface area (Å²) in [5.41, 5.74) is 11.4. The molecule has 6 nitrogen and oxygen atoms in total. The van der Waals surface area contributed by atoms with Gasteiger partial charge in [0.05, 0.1) is 11.7 Å². The maximum Gasteiger partial charge on any atom is 0.269 e. The van der Waals surface area contributed by atoms with Crippen molar-refractivity contribution in [2.75, 3.05) is 0 Å². The lowest BCUT2D eigenvalue weighted by Gasteiger charge is -2.15. The van der Waals surface area contributed by atoms with Crippen molar-refractivity contribution in [2.24, 2.45) is 12.8 Å². The van der Waals surface area contributed by atoms with Crippen LogP contribution in [0.25, 0.3) is 33.2 Å². The van der Waals surface area contributed by atoms with E-state index in [1.165, 1.54) is 4.57 Å². The summed E-state index contributed by atoms with van der Waals surface area (Å²) in [6, 6.07) is 21.0. The third kappa shape index (κ3) is 4.13. The van der Waals surface area contributed by atoms with Crippen LogP contribution in [-0.2, 0) is 7.05 Å². The topological polar surface area (TPSA) is 82.9 Å². The summed E-state index contributed by atoms with van der Waals surface area (Å²) in [7, 11) is 1.69. The molecule has 1 amide bonds. The van der Waals surface area contributed by atoms with Crippen molar-refractivity contribution in [3.8, 4) is 22.3 Å². The Hall–Kier alpha value is -4.16. The zero-order valence-electron chi connectivity index (χ0n) is 19.3. The molecule has 5 rings (SSSR count). The predicted octanol–water partition coefficient (Wildman–Crippen LogP) is 5.43. The Morgan fingerprint density at radius 3 is 2.37 bits per heavy atom. The van der Waals surface area contributed by atoms with Crippen LogP contribution < -0.4 is 11.3 Å². The average molecular weight is 483 g/mol. The van der Waals surface area contributed by atoms with Crippen LogP contribution in [0.3, 0.4) is 0 Å². The first-order valence-corrected chi connectivity index (χ1v) is 11.5. The molecule has 0 bridgehead atoms. The number of carbonyl (C=O) groups is 1. The molecular weight excluding hydrogens is 460 g/mol. The number of hydrogen-bond acceptors (Lipinski definition) is 3. The Balaban J connectivity index is 1.72. The Morgan fingerprint density at radius 1 is 0.971 bits per heavy atom. The number of pyridine rings is 2. The number of benzene rings is 2. The number of aromatic nitrogens is 3. The van der Waals surface area contributed by atoms with Crippen LogP contribution in [0.5, 0.6) is 0 Å². The first kappa shape index (κ1) is 22.6. The van der Waals surface area contributed by atoms with Gasteiger partial charge in [-0.05, 0) is 60.0 Å². The number of carbonyl (C=O) groups excluding carboxylic acids is 1. The molecule has 174 valence electrons. The SMILES string of the molecule is C[C@@H](c1ccccn1)n1cc(-c2ccc(C(N)=O)cc2)c2ccc(-c3cc(Cl)c(=O)n(C)c3)cc21. The molecule has 1 atom stereocenters. The van der Waals surface area contributed by atoms with Crippen molar-refractivity contribution in [2.45, 2.75) is 13.0 Å². The highest BCUT2D eigenvalue weighted by molar-refractivity contribution is 6.30. The summed E-state index contributed by atoms with van der Waals surface area (Å²) < 4.78 is 3.69. The van der Waals surface area contributed by atoms with Gasteiger partial charge in [-0.15, -0.1) is 0 Å². The molecule has 3 heterocycles. The zero-order chi connectivity index (χ0) is 24.7. The zero-order valence-corrected chi connectivity index (χ0v) is 20.0. The molecule has 3 aromatic heterocycles. The van der Waals surface area contributed by atoms with Crippen LogP contribution in [-0.4, -0.2) is 20.0 Å². The van der Waals surface area contributed by atoms with Crippen LogP contribution in [0.15, 0.2) is 90.1 Å². The van der Waals surface area contributed by atoms with Crippen LogP contribution in [0.4, 0.5) is 0 Å². The van der Waals surface area contributed by atoms with Gasteiger partial charge >= 0.3 is 0 Å². The molecule has 2 N–H and O–H groups in total. The molecule has 0 aliphatic heterocycles. The van der Waals surface area contributed by atoms with Gasteiger partial charge in [0.1, 0.15) is 5.02 Å². The molecule has 0 spiro atoms. The minimum Gasteiger partial charge on any atom is -0.366 e. The van der Waals surface area contributed by atoms with Gasteiger partial charge < -0.3 is 14.9 Å². The molecule has 0 fully saturated rings. The number of fused-ring (bicyclic) bond motifs is 1. The van der Waals surface area contributed by atoms with Crippen molar-refractivity contribution < 1.29 is 4.79 Å². The summed E-state index contributed by atoms with van der Waals surface area (Å²) >= 11 is 6.19. The minimum absolute atomic E-state index is 0.0312. The highest BCUT2D eigenvalue weighted by Gasteiger charge is 2.18. The van der Waals surface area contributed by atoms with Gasteiger partial charge in [-0.2, -0.15) is 0 Å². The normalized spacial score (nSPS) is 12.1. The first-order valence-electron chi connectivity index (χ1n) is 11.2. The minimum atomic E-state index is -0.455. The van der Waals surface area contributed by atoms with Crippen LogP contribution >= 0.6 is 11.6 Å². The highest BCUT2D eigenvalue weighted by Crippen LogP contribution is 2.36. The molecule has 0 unspecified atom stereocenters. The molecule has 0 saturated carbocycles. The van der Waals surface area contributed by atoms with Gasteiger partial charge in [0, 0.05) is 47.7 Å². The number of nitrogens with zero attached hydrogens (tertiary/aromatic N) is 3. The monoisotopic (exact) mass is 482 g/mol. The molecule has 0 radical (unpaired) electrons. The van der Waals surface area contributed by atoms with E-state index in [0.717, 1.165) is 38.9 Å². The number of nitrogens with two attached hydrogens (primary N) is 1. The number of primary amides is 1. The Morgan fingerprint density at radius 2 is 1.71 bits per heavy atom. The maximum absolute atomic E-state index is 12.1. The van der Waals surface area contributed by atoms with Crippen molar-refractivity contribution in [3.63, 3.8) is 0 Å². The lowest BCUT2D eigenvalue weighted by Crippen LogP contribution is -2.16. The van der Waals surface area contributed by atoms with Crippen molar-refractivity contribution in [1.29, 1.82) is 0 Å². The van der Waals surface area contributed by atoms with Crippen molar-refractivity contribution in [3.05, 3.63) is 112 Å². The van der Waals surface area contributed by atoms with E-state index in [-0.39, 0.29) is 16.6 Å². The largest absolute Gasteiger partial charge is 0.366 e. The second-order valence-corrected chi connectivity index (χ2v) is 8.95. The van der Waals surface area contributed by atoms with Gasteiger partial charge in [-0.25, -0.2) is 0 Å². The van der Waals surface area contributed by atoms with Crippen LogP contribution in [0, 0.1) is 0 Å². The third-order valence-electron chi connectivity index (χ3n) is 6.32. The fraction of sp³-hybridized carbons (Fsp3) is 0.107. The van der Waals surface area contributed by atoms with E-state index >= 15 is 0 Å². The van der Waals surface area contributed by atoms with E-state index in [4.69, 9.17) is 17.3 Å². The van der Waals surface area contributed by atoms with Crippen LogP contribution in [0.1, 0.15) is 29.0 Å². The molecule has 7 heteroatoms. The van der Waals surface area contributed by atoms with Crippen molar-refractivity contribution >= 4 is 28.4 Å². The molecule has 0 saturated heterocycles.